The minimum absolute atomic E-state index is 0.0460. The second-order valence-electron chi connectivity index (χ2n) is 7.31. The molecule has 7 nitrogen and oxygen atoms in total. The molecule has 1 heterocycles. The molecule has 3 aromatic carbocycles. The number of anilines is 1. The Morgan fingerprint density at radius 2 is 1.70 bits per heavy atom. The Bertz CT molecular complexity index is 1270. The molecule has 8 heteroatoms. The van der Waals surface area contributed by atoms with Gasteiger partial charge in [-0.1, -0.05) is 23.7 Å². The van der Waals surface area contributed by atoms with Crippen molar-refractivity contribution in [1.29, 1.82) is 0 Å². The SMILES string of the molecule is COc1ccc(/C(O)=C2\C(=O)C(=O)N(c3ccc(OC)c(Cl)c3)C2c2cccc(O)c2)cc1. The van der Waals surface area contributed by atoms with Gasteiger partial charge < -0.3 is 19.7 Å². The van der Waals surface area contributed by atoms with Crippen LogP contribution in [0.1, 0.15) is 17.2 Å². The fourth-order valence-electron chi connectivity index (χ4n) is 3.82. The quantitative estimate of drug-likeness (QED) is 0.322. The first kappa shape index (κ1) is 22.2. The third-order valence-electron chi connectivity index (χ3n) is 5.41. The van der Waals surface area contributed by atoms with Gasteiger partial charge in [-0.15, -0.1) is 0 Å². The van der Waals surface area contributed by atoms with Crippen molar-refractivity contribution >= 4 is 34.7 Å². The van der Waals surface area contributed by atoms with Gasteiger partial charge in [0.25, 0.3) is 11.7 Å². The van der Waals surface area contributed by atoms with Crippen molar-refractivity contribution in [3.8, 4) is 17.2 Å². The highest BCUT2D eigenvalue weighted by atomic mass is 35.5. The van der Waals surface area contributed by atoms with Crippen molar-refractivity contribution in [1.82, 2.24) is 0 Å². The van der Waals surface area contributed by atoms with E-state index in [2.05, 4.69) is 0 Å². The van der Waals surface area contributed by atoms with Crippen LogP contribution in [0, 0.1) is 0 Å². The van der Waals surface area contributed by atoms with Crippen molar-refractivity contribution in [2.24, 2.45) is 0 Å². The number of phenols is 1. The number of Topliss-reactive ketones (excluding diaryl/α,β-unsaturated/α-hetero) is 1. The number of halogens is 1. The molecule has 0 aromatic heterocycles. The number of aromatic hydroxyl groups is 1. The van der Waals surface area contributed by atoms with Gasteiger partial charge in [0.2, 0.25) is 0 Å². The highest BCUT2D eigenvalue weighted by Crippen LogP contribution is 2.44. The maximum Gasteiger partial charge on any atom is 0.300 e. The summed E-state index contributed by atoms with van der Waals surface area (Å²) < 4.78 is 10.3. The van der Waals surface area contributed by atoms with E-state index in [1.165, 1.54) is 37.3 Å². The first-order valence-corrected chi connectivity index (χ1v) is 10.3. The Kier molecular flexibility index (Phi) is 5.98. The summed E-state index contributed by atoms with van der Waals surface area (Å²) in [5.41, 5.74) is 1.01. The smallest absolute Gasteiger partial charge is 0.300 e. The second-order valence-corrected chi connectivity index (χ2v) is 7.72. The zero-order chi connectivity index (χ0) is 23.7. The number of benzene rings is 3. The van der Waals surface area contributed by atoms with E-state index in [1.807, 2.05) is 0 Å². The van der Waals surface area contributed by atoms with Crippen LogP contribution in [0.25, 0.3) is 5.76 Å². The number of rotatable bonds is 5. The van der Waals surface area contributed by atoms with Gasteiger partial charge in [-0.3, -0.25) is 14.5 Å². The fraction of sp³-hybridized carbons (Fsp3) is 0.120. The summed E-state index contributed by atoms with van der Waals surface area (Å²) in [4.78, 5) is 27.6. The number of ketones is 1. The standard InChI is InChI=1S/C25H20ClNO6/c1-32-18-9-6-14(7-10-18)23(29)21-22(15-4-3-5-17(28)12-15)27(25(31)24(21)30)16-8-11-20(33-2)19(26)13-16/h3-13,22,28-29H,1-2H3/b23-21+. The van der Waals surface area contributed by atoms with E-state index in [0.717, 1.165) is 0 Å². The Morgan fingerprint density at radius 3 is 2.30 bits per heavy atom. The van der Waals surface area contributed by atoms with E-state index in [4.69, 9.17) is 21.1 Å². The lowest BCUT2D eigenvalue weighted by Gasteiger charge is -2.26. The van der Waals surface area contributed by atoms with Gasteiger partial charge in [0, 0.05) is 11.3 Å². The van der Waals surface area contributed by atoms with E-state index >= 15 is 0 Å². The van der Waals surface area contributed by atoms with E-state index in [0.29, 0.717) is 28.3 Å². The van der Waals surface area contributed by atoms with E-state index in [1.54, 1.807) is 48.5 Å². The van der Waals surface area contributed by atoms with Crippen molar-refractivity contribution < 1.29 is 29.3 Å². The number of aliphatic hydroxyl groups excluding tert-OH is 1. The van der Waals surface area contributed by atoms with Crippen molar-refractivity contribution in [2.45, 2.75) is 6.04 Å². The summed E-state index contributed by atoms with van der Waals surface area (Å²) in [6.07, 6.45) is 0. The molecule has 3 aromatic rings. The Labute approximate surface area is 195 Å². The molecule has 1 saturated heterocycles. The summed E-state index contributed by atoms with van der Waals surface area (Å²) in [5.74, 6) is -1.10. The molecule has 1 unspecified atom stereocenters. The number of phenolic OH excluding ortho intramolecular Hbond substituents is 1. The van der Waals surface area contributed by atoms with Crippen LogP contribution >= 0.6 is 11.6 Å². The van der Waals surface area contributed by atoms with Gasteiger partial charge in [-0.05, 0) is 60.2 Å². The minimum atomic E-state index is -0.997. The van der Waals surface area contributed by atoms with Crippen LogP contribution < -0.4 is 14.4 Å². The number of hydrogen-bond donors (Lipinski definition) is 2. The van der Waals surface area contributed by atoms with Crippen LogP contribution in [0.2, 0.25) is 5.02 Å². The molecular weight excluding hydrogens is 446 g/mol. The topological polar surface area (TPSA) is 96.3 Å². The van der Waals surface area contributed by atoms with E-state index < -0.39 is 17.7 Å². The Balaban J connectivity index is 1.93. The fourth-order valence-corrected chi connectivity index (χ4v) is 4.07. The molecule has 4 rings (SSSR count). The van der Waals surface area contributed by atoms with Gasteiger partial charge in [0.1, 0.15) is 23.0 Å². The predicted molar refractivity (Wildman–Crippen MR) is 124 cm³/mol. The molecule has 0 bridgehead atoms. The Hall–Kier alpha value is -3.97. The summed E-state index contributed by atoms with van der Waals surface area (Å²) in [7, 11) is 2.98. The maximum atomic E-state index is 13.2. The predicted octanol–water partition coefficient (Wildman–Crippen LogP) is 4.69. The molecule has 2 N–H and O–H groups in total. The van der Waals surface area contributed by atoms with Crippen LogP contribution in [0.4, 0.5) is 5.69 Å². The number of aliphatic hydroxyl groups is 1. The first-order valence-electron chi connectivity index (χ1n) is 9.93. The number of nitrogens with zero attached hydrogens (tertiary/aromatic N) is 1. The molecule has 1 atom stereocenters. The number of carbonyl (C=O) groups is 2. The minimum Gasteiger partial charge on any atom is -0.508 e. The molecular formula is C25H20ClNO6. The van der Waals surface area contributed by atoms with Crippen LogP contribution in [0.3, 0.4) is 0 Å². The second kappa shape index (κ2) is 8.88. The maximum absolute atomic E-state index is 13.2. The summed E-state index contributed by atoms with van der Waals surface area (Å²) in [5, 5.41) is 21.4. The highest BCUT2D eigenvalue weighted by Gasteiger charge is 2.47. The number of methoxy groups -OCH3 is 2. The summed E-state index contributed by atoms with van der Waals surface area (Å²) in [6.45, 7) is 0. The zero-order valence-corrected chi connectivity index (χ0v) is 18.5. The normalized spacial score (nSPS) is 17.3. The zero-order valence-electron chi connectivity index (χ0n) is 17.8. The monoisotopic (exact) mass is 465 g/mol. The van der Waals surface area contributed by atoms with Crippen LogP contribution in [-0.2, 0) is 9.59 Å². The average molecular weight is 466 g/mol. The molecule has 0 aliphatic carbocycles. The van der Waals surface area contributed by atoms with Gasteiger partial charge in [-0.25, -0.2) is 0 Å². The lowest BCUT2D eigenvalue weighted by molar-refractivity contribution is -0.132. The number of amides is 1. The summed E-state index contributed by atoms with van der Waals surface area (Å²) in [6, 6.07) is 16.3. The number of ether oxygens (including phenoxy) is 2. The summed E-state index contributed by atoms with van der Waals surface area (Å²) >= 11 is 6.27. The van der Waals surface area contributed by atoms with Gasteiger partial charge in [0.15, 0.2) is 0 Å². The molecule has 0 saturated carbocycles. The van der Waals surface area contributed by atoms with Crippen LogP contribution in [0.15, 0.2) is 72.3 Å². The largest absolute Gasteiger partial charge is 0.508 e. The van der Waals surface area contributed by atoms with Crippen LogP contribution in [-0.4, -0.2) is 36.1 Å². The van der Waals surface area contributed by atoms with Crippen molar-refractivity contribution in [2.75, 3.05) is 19.1 Å². The van der Waals surface area contributed by atoms with Crippen molar-refractivity contribution in [3.63, 3.8) is 0 Å². The first-order chi connectivity index (χ1) is 15.8. The van der Waals surface area contributed by atoms with Crippen molar-refractivity contribution in [3.05, 3.63) is 88.5 Å². The lowest BCUT2D eigenvalue weighted by atomic mass is 9.95. The molecule has 1 aliphatic heterocycles. The van der Waals surface area contributed by atoms with Crippen LogP contribution in [0.5, 0.6) is 17.2 Å². The van der Waals surface area contributed by atoms with Gasteiger partial charge in [-0.2, -0.15) is 0 Å². The number of carbonyl (C=O) groups excluding carboxylic acids is 2. The molecule has 0 spiro atoms. The molecule has 168 valence electrons. The highest BCUT2D eigenvalue weighted by molar-refractivity contribution is 6.51. The molecule has 1 fully saturated rings. The average Bonchev–Trinajstić information content (AvgIpc) is 3.09. The van der Waals surface area contributed by atoms with E-state index in [9.17, 15) is 19.8 Å². The molecule has 0 radical (unpaired) electrons. The molecule has 1 amide bonds. The molecule has 1 aliphatic rings. The van der Waals surface area contributed by atoms with Gasteiger partial charge in [0.05, 0.1) is 30.9 Å². The van der Waals surface area contributed by atoms with Gasteiger partial charge >= 0.3 is 0 Å². The van der Waals surface area contributed by atoms with E-state index in [-0.39, 0.29) is 22.1 Å². The third kappa shape index (κ3) is 3.99. The number of hydrogen-bond acceptors (Lipinski definition) is 6. The molecule has 33 heavy (non-hydrogen) atoms. The lowest BCUT2D eigenvalue weighted by Crippen LogP contribution is -2.29. The Morgan fingerprint density at radius 1 is 0.970 bits per heavy atom. The third-order valence-corrected chi connectivity index (χ3v) is 5.70.